The second-order valence-electron chi connectivity index (χ2n) is 7.03. The number of amides is 1. The molecule has 0 aromatic carbocycles. The largest absolute Gasteiger partial charge is 0.356 e. The molecule has 0 heterocycles. The summed E-state index contributed by atoms with van der Waals surface area (Å²) >= 11 is 3.81. The van der Waals surface area contributed by atoms with Crippen LogP contribution in [0, 0.1) is 5.92 Å². The van der Waals surface area contributed by atoms with E-state index in [-0.39, 0.29) is 5.91 Å². The van der Waals surface area contributed by atoms with Gasteiger partial charge in [-0.3, -0.25) is 4.79 Å². The molecule has 0 aromatic rings. The molecule has 1 amide bonds. The fourth-order valence-electron chi connectivity index (χ4n) is 3.05. The third-order valence-corrected chi connectivity index (χ3v) is 5.52. The zero-order valence-corrected chi connectivity index (χ0v) is 17.4. The van der Waals surface area contributed by atoms with Gasteiger partial charge in [0, 0.05) is 18.3 Å². The Balaban J connectivity index is 3.87. The summed E-state index contributed by atoms with van der Waals surface area (Å²) in [6.07, 6.45) is 17.1. The summed E-state index contributed by atoms with van der Waals surface area (Å²) in [6.45, 7) is 7.01. The lowest BCUT2D eigenvalue weighted by molar-refractivity contribution is -0.119. The first-order chi connectivity index (χ1) is 11.1. The van der Waals surface area contributed by atoms with Crippen LogP contribution in [-0.2, 0) is 4.79 Å². The van der Waals surface area contributed by atoms with Gasteiger partial charge >= 0.3 is 0 Å². The van der Waals surface area contributed by atoms with E-state index in [1.54, 1.807) is 6.92 Å². The molecule has 0 rings (SSSR count). The molecule has 0 aliphatic heterocycles. The average molecular weight is 390 g/mol. The summed E-state index contributed by atoms with van der Waals surface area (Å²) in [5, 5.41) is 3.03. The Labute approximate surface area is 153 Å². The van der Waals surface area contributed by atoms with E-state index in [1.807, 2.05) is 0 Å². The monoisotopic (exact) mass is 389 g/mol. The van der Waals surface area contributed by atoms with Crippen molar-refractivity contribution in [2.24, 2.45) is 5.92 Å². The molecule has 138 valence electrons. The van der Waals surface area contributed by atoms with Crippen molar-refractivity contribution in [2.75, 3.05) is 6.54 Å². The van der Waals surface area contributed by atoms with Crippen LogP contribution in [0.15, 0.2) is 0 Å². The van der Waals surface area contributed by atoms with Crippen molar-refractivity contribution in [1.82, 2.24) is 5.32 Å². The minimum atomic E-state index is 0.110. The van der Waals surface area contributed by atoms with Crippen LogP contribution < -0.4 is 5.32 Å². The number of halogens is 1. The van der Waals surface area contributed by atoms with Crippen molar-refractivity contribution < 1.29 is 4.79 Å². The highest BCUT2D eigenvalue weighted by Gasteiger charge is 2.11. The highest BCUT2D eigenvalue weighted by molar-refractivity contribution is 9.09. The smallest absolute Gasteiger partial charge is 0.216 e. The van der Waals surface area contributed by atoms with Gasteiger partial charge in [-0.25, -0.2) is 0 Å². The van der Waals surface area contributed by atoms with E-state index in [9.17, 15) is 4.79 Å². The molecule has 0 bridgehead atoms. The maximum atomic E-state index is 11.2. The van der Waals surface area contributed by atoms with Gasteiger partial charge in [-0.05, 0) is 31.6 Å². The van der Waals surface area contributed by atoms with Crippen molar-refractivity contribution in [1.29, 1.82) is 0 Å². The van der Waals surface area contributed by atoms with Crippen molar-refractivity contribution in [2.45, 2.75) is 109 Å². The maximum Gasteiger partial charge on any atom is 0.216 e. The van der Waals surface area contributed by atoms with E-state index in [0.717, 1.165) is 6.54 Å². The first kappa shape index (κ1) is 22.9. The number of hydrogen-bond acceptors (Lipinski definition) is 1. The van der Waals surface area contributed by atoms with Crippen molar-refractivity contribution >= 4 is 21.8 Å². The fourth-order valence-corrected chi connectivity index (χ4v) is 3.70. The summed E-state index contributed by atoms with van der Waals surface area (Å²) in [7, 11) is 0. The van der Waals surface area contributed by atoms with Crippen LogP contribution in [0.5, 0.6) is 0 Å². The van der Waals surface area contributed by atoms with E-state index in [2.05, 4.69) is 35.1 Å². The molecule has 2 atom stereocenters. The Morgan fingerprint density at radius 1 is 0.826 bits per heavy atom. The molecule has 23 heavy (non-hydrogen) atoms. The molecule has 2 nitrogen and oxygen atoms in total. The van der Waals surface area contributed by atoms with Crippen LogP contribution in [0.1, 0.15) is 104 Å². The van der Waals surface area contributed by atoms with Crippen LogP contribution in [0.25, 0.3) is 0 Å². The molecule has 0 saturated heterocycles. The summed E-state index contributed by atoms with van der Waals surface area (Å²) in [4.78, 5) is 11.9. The van der Waals surface area contributed by atoms with E-state index in [1.165, 1.54) is 83.5 Å². The van der Waals surface area contributed by atoms with E-state index in [4.69, 9.17) is 0 Å². The number of carbonyl (C=O) groups is 1. The average Bonchev–Trinajstić information content (AvgIpc) is 2.53. The van der Waals surface area contributed by atoms with Crippen molar-refractivity contribution in [3.05, 3.63) is 0 Å². The van der Waals surface area contributed by atoms with Crippen LogP contribution in [0.3, 0.4) is 0 Å². The zero-order chi connectivity index (χ0) is 17.3. The molecule has 0 aromatic heterocycles. The SMILES string of the molecule is CCCCCCCCC(CCCC(Br)CCCC)CNC(C)=O. The fraction of sp³-hybridized carbons (Fsp3) is 0.950. The van der Waals surface area contributed by atoms with Crippen LogP contribution in [0.4, 0.5) is 0 Å². The number of rotatable bonds is 16. The van der Waals surface area contributed by atoms with Gasteiger partial charge in [-0.15, -0.1) is 0 Å². The molecule has 2 unspecified atom stereocenters. The molecule has 0 aliphatic carbocycles. The summed E-state index contributed by atoms with van der Waals surface area (Å²) in [6, 6.07) is 0. The van der Waals surface area contributed by atoms with Gasteiger partial charge in [0.05, 0.1) is 0 Å². The normalized spacial score (nSPS) is 13.7. The Morgan fingerprint density at radius 2 is 1.39 bits per heavy atom. The molecule has 3 heteroatoms. The Morgan fingerprint density at radius 3 is 2.04 bits per heavy atom. The number of unbranched alkanes of at least 4 members (excludes halogenated alkanes) is 6. The summed E-state index contributed by atoms with van der Waals surface area (Å²) < 4.78 is 0. The molecule has 0 fully saturated rings. The first-order valence-electron chi connectivity index (χ1n) is 9.98. The van der Waals surface area contributed by atoms with Crippen LogP contribution in [-0.4, -0.2) is 17.3 Å². The highest BCUT2D eigenvalue weighted by atomic mass is 79.9. The summed E-state index contributed by atoms with van der Waals surface area (Å²) in [5.74, 6) is 0.773. The molecule has 0 radical (unpaired) electrons. The maximum absolute atomic E-state index is 11.2. The Hall–Kier alpha value is -0.0500. The Bertz CT molecular complexity index is 270. The second-order valence-corrected chi connectivity index (χ2v) is 8.32. The first-order valence-corrected chi connectivity index (χ1v) is 10.9. The zero-order valence-electron chi connectivity index (χ0n) is 15.8. The third-order valence-electron chi connectivity index (χ3n) is 4.61. The third kappa shape index (κ3) is 16.6. The highest BCUT2D eigenvalue weighted by Crippen LogP contribution is 2.21. The van der Waals surface area contributed by atoms with Crippen LogP contribution in [0.2, 0.25) is 0 Å². The van der Waals surface area contributed by atoms with Gasteiger partial charge in [0.2, 0.25) is 5.91 Å². The van der Waals surface area contributed by atoms with Gasteiger partial charge in [-0.1, -0.05) is 87.6 Å². The quantitative estimate of drug-likeness (QED) is 0.233. The minimum Gasteiger partial charge on any atom is -0.356 e. The molecule has 1 N–H and O–H groups in total. The van der Waals surface area contributed by atoms with Gasteiger partial charge in [0.25, 0.3) is 0 Å². The van der Waals surface area contributed by atoms with Gasteiger partial charge < -0.3 is 5.32 Å². The Kier molecular flexibility index (Phi) is 16.8. The molecule has 0 aliphatic rings. The number of hydrogen-bond donors (Lipinski definition) is 1. The predicted octanol–water partition coefficient (Wildman–Crippen LogP) is 6.61. The van der Waals surface area contributed by atoms with Crippen molar-refractivity contribution in [3.63, 3.8) is 0 Å². The van der Waals surface area contributed by atoms with Crippen LogP contribution >= 0.6 is 15.9 Å². The number of nitrogens with one attached hydrogen (secondary N) is 1. The van der Waals surface area contributed by atoms with Gasteiger partial charge in [-0.2, -0.15) is 0 Å². The topological polar surface area (TPSA) is 29.1 Å². The predicted molar refractivity (Wildman–Crippen MR) is 106 cm³/mol. The molecule has 0 spiro atoms. The van der Waals surface area contributed by atoms with Gasteiger partial charge in [0.1, 0.15) is 0 Å². The van der Waals surface area contributed by atoms with E-state index >= 15 is 0 Å². The summed E-state index contributed by atoms with van der Waals surface area (Å²) in [5.41, 5.74) is 0. The van der Waals surface area contributed by atoms with E-state index in [0.29, 0.717) is 10.7 Å². The molecular formula is C20H40BrNO. The van der Waals surface area contributed by atoms with E-state index < -0.39 is 0 Å². The minimum absolute atomic E-state index is 0.110. The molecule has 0 saturated carbocycles. The van der Waals surface area contributed by atoms with Crippen molar-refractivity contribution in [3.8, 4) is 0 Å². The lowest BCUT2D eigenvalue weighted by Crippen LogP contribution is -2.27. The lowest BCUT2D eigenvalue weighted by atomic mass is 9.94. The molecular weight excluding hydrogens is 350 g/mol. The lowest BCUT2D eigenvalue weighted by Gasteiger charge is -2.18. The number of carbonyl (C=O) groups excluding carboxylic acids is 1. The standard InChI is InChI=1S/C20H40BrNO/c1-4-6-8-9-10-11-13-19(17-22-18(3)23)14-12-16-20(21)15-7-5-2/h19-20H,4-17H2,1-3H3,(H,22,23). The second kappa shape index (κ2) is 16.8. The van der Waals surface area contributed by atoms with Gasteiger partial charge in [0.15, 0.2) is 0 Å². The number of alkyl halides is 1.